The number of aryl methyl sites for hydroxylation is 3. The van der Waals surface area contributed by atoms with E-state index in [9.17, 15) is 0 Å². The van der Waals surface area contributed by atoms with Gasteiger partial charge < -0.3 is 15.2 Å². The van der Waals surface area contributed by atoms with Crippen LogP contribution in [0, 0.1) is 20.8 Å². The van der Waals surface area contributed by atoms with E-state index in [-0.39, 0.29) is 5.92 Å². The zero-order valence-electron chi connectivity index (χ0n) is 14.6. The van der Waals surface area contributed by atoms with Gasteiger partial charge in [-0.1, -0.05) is 29.8 Å². The summed E-state index contributed by atoms with van der Waals surface area (Å²) < 4.78 is 11.5. The third-order valence-corrected chi connectivity index (χ3v) is 4.18. The minimum absolute atomic E-state index is 0.231. The molecule has 0 bridgehead atoms. The molecule has 0 aliphatic rings. The van der Waals surface area contributed by atoms with Crippen molar-refractivity contribution in [3.63, 3.8) is 0 Å². The van der Waals surface area contributed by atoms with Crippen LogP contribution >= 0.6 is 0 Å². The highest BCUT2D eigenvalue weighted by Gasteiger charge is 2.15. The van der Waals surface area contributed by atoms with Crippen LogP contribution in [0.2, 0.25) is 0 Å². The van der Waals surface area contributed by atoms with Crippen LogP contribution in [0.4, 0.5) is 0 Å². The summed E-state index contributed by atoms with van der Waals surface area (Å²) in [5, 5.41) is 0. The van der Waals surface area contributed by atoms with Gasteiger partial charge in [0.05, 0.1) is 13.7 Å². The van der Waals surface area contributed by atoms with Crippen molar-refractivity contribution in [2.45, 2.75) is 33.1 Å². The normalized spacial score (nSPS) is 12.0. The maximum atomic E-state index is 6.00. The van der Waals surface area contributed by atoms with E-state index >= 15 is 0 Å². The number of hydrogen-bond acceptors (Lipinski definition) is 3. The Kier molecular flexibility index (Phi) is 6.05. The highest BCUT2D eigenvalue weighted by atomic mass is 16.5. The van der Waals surface area contributed by atoms with Gasteiger partial charge in [-0.05, 0) is 62.6 Å². The third-order valence-electron chi connectivity index (χ3n) is 4.18. The molecule has 2 rings (SSSR count). The van der Waals surface area contributed by atoms with E-state index in [1.807, 2.05) is 6.07 Å². The summed E-state index contributed by atoms with van der Waals surface area (Å²) in [6, 6.07) is 12.5. The van der Waals surface area contributed by atoms with Gasteiger partial charge in [-0.2, -0.15) is 0 Å². The maximum absolute atomic E-state index is 6.00. The number of ether oxygens (including phenoxy) is 2. The summed E-state index contributed by atoms with van der Waals surface area (Å²) in [6.07, 6.45) is 0.865. The fraction of sp³-hybridized carbons (Fsp3) is 0.400. The number of methoxy groups -OCH3 is 1. The van der Waals surface area contributed by atoms with Crippen molar-refractivity contribution < 1.29 is 9.47 Å². The molecular formula is C20H27NO2. The highest BCUT2D eigenvalue weighted by molar-refractivity contribution is 5.40. The molecule has 0 amide bonds. The number of hydrogen-bond donors (Lipinski definition) is 1. The summed E-state index contributed by atoms with van der Waals surface area (Å²) in [5.41, 5.74) is 10.8. The third kappa shape index (κ3) is 4.49. The molecule has 0 aromatic heterocycles. The second-order valence-corrected chi connectivity index (χ2v) is 6.08. The molecule has 1 unspecified atom stereocenters. The van der Waals surface area contributed by atoms with Crippen LogP contribution in [0.1, 0.15) is 34.6 Å². The van der Waals surface area contributed by atoms with Crippen LogP contribution in [0.15, 0.2) is 36.4 Å². The van der Waals surface area contributed by atoms with Gasteiger partial charge in [0.15, 0.2) is 0 Å². The number of rotatable bonds is 7. The van der Waals surface area contributed by atoms with Crippen LogP contribution in [-0.4, -0.2) is 20.3 Å². The monoisotopic (exact) mass is 313 g/mol. The molecule has 0 aliphatic heterocycles. The molecular weight excluding hydrogens is 286 g/mol. The molecule has 0 heterocycles. The highest BCUT2D eigenvalue weighted by Crippen LogP contribution is 2.30. The van der Waals surface area contributed by atoms with Crippen molar-refractivity contribution in [3.8, 4) is 11.5 Å². The molecule has 3 heteroatoms. The Balaban J connectivity index is 2.06. The lowest BCUT2D eigenvalue weighted by atomic mass is 9.94. The van der Waals surface area contributed by atoms with Gasteiger partial charge >= 0.3 is 0 Å². The molecule has 0 saturated carbocycles. The first-order valence-corrected chi connectivity index (χ1v) is 8.09. The molecule has 2 aromatic carbocycles. The van der Waals surface area contributed by atoms with Gasteiger partial charge in [-0.25, -0.2) is 0 Å². The predicted molar refractivity (Wildman–Crippen MR) is 95.6 cm³/mol. The van der Waals surface area contributed by atoms with Crippen molar-refractivity contribution in [2.24, 2.45) is 5.73 Å². The summed E-state index contributed by atoms with van der Waals surface area (Å²) in [4.78, 5) is 0. The lowest BCUT2D eigenvalue weighted by Gasteiger charge is -2.19. The zero-order chi connectivity index (χ0) is 16.8. The van der Waals surface area contributed by atoms with Gasteiger partial charge in [-0.3, -0.25) is 0 Å². The van der Waals surface area contributed by atoms with E-state index in [4.69, 9.17) is 15.2 Å². The van der Waals surface area contributed by atoms with Crippen molar-refractivity contribution in [2.75, 3.05) is 20.3 Å². The Hall–Kier alpha value is -2.00. The molecule has 23 heavy (non-hydrogen) atoms. The minimum Gasteiger partial charge on any atom is -0.496 e. The van der Waals surface area contributed by atoms with Gasteiger partial charge in [-0.15, -0.1) is 0 Å². The van der Waals surface area contributed by atoms with Crippen molar-refractivity contribution in [1.29, 1.82) is 0 Å². The fourth-order valence-corrected chi connectivity index (χ4v) is 2.75. The van der Waals surface area contributed by atoms with E-state index in [1.54, 1.807) is 7.11 Å². The van der Waals surface area contributed by atoms with E-state index in [0.717, 1.165) is 23.5 Å². The van der Waals surface area contributed by atoms with E-state index < -0.39 is 0 Å². The minimum atomic E-state index is 0.231. The van der Waals surface area contributed by atoms with Crippen LogP contribution < -0.4 is 15.2 Å². The average Bonchev–Trinajstić information content (AvgIpc) is 2.54. The Bertz CT molecular complexity index is 652. The van der Waals surface area contributed by atoms with E-state index in [2.05, 4.69) is 51.1 Å². The van der Waals surface area contributed by atoms with E-state index in [1.165, 1.54) is 16.7 Å². The number of benzene rings is 2. The first-order valence-electron chi connectivity index (χ1n) is 8.09. The molecule has 2 N–H and O–H groups in total. The molecule has 2 aromatic rings. The Labute approximate surface area is 139 Å². The van der Waals surface area contributed by atoms with Crippen LogP contribution in [0.25, 0.3) is 0 Å². The quantitative estimate of drug-likeness (QED) is 0.836. The van der Waals surface area contributed by atoms with E-state index in [0.29, 0.717) is 13.2 Å². The summed E-state index contributed by atoms with van der Waals surface area (Å²) >= 11 is 0. The van der Waals surface area contributed by atoms with Gasteiger partial charge in [0.2, 0.25) is 0 Å². The maximum Gasteiger partial charge on any atom is 0.122 e. The second-order valence-electron chi connectivity index (χ2n) is 6.08. The SMILES string of the molecule is COc1ccc(C)cc1C(CN)CCOc1cc(C)ccc1C. The second kappa shape index (κ2) is 8.02. The summed E-state index contributed by atoms with van der Waals surface area (Å²) in [5.74, 6) is 2.09. The van der Waals surface area contributed by atoms with Crippen LogP contribution in [-0.2, 0) is 0 Å². The largest absolute Gasteiger partial charge is 0.496 e. The van der Waals surface area contributed by atoms with Crippen LogP contribution in [0.5, 0.6) is 11.5 Å². The molecule has 3 nitrogen and oxygen atoms in total. The Morgan fingerprint density at radius 1 is 0.957 bits per heavy atom. The van der Waals surface area contributed by atoms with Gasteiger partial charge in [0.25, 0.3) is 0 Å². The molecule has 0 radical (unpaired) electrons. The molecule has 124 valence electrons. The topological polar surface area (TPSA) is 44.5 Å². The van der Waals surface area contributed by atoms with Crippen molar-refractivity contribution in [3.05, 3.63) is 58.7 Å². The van der Waals surface area contributed by atoms with Gasteiger partial charge in [0, 0.05) is 5.92 Å². The van der Waals surface area contributed by atoms with Crippen molar-refractivity contribution in [1.82, 2.24) is 0 Å². The first kappa shape index (κ1) is 17.4. The summed E-state index contributed by atoms with van der Waals surface area (Å²) in [6.45, 7) is 7.45. The number of nitrogens with two attached hydrogens (primary N) is 1. The molecule has 0 saturated heterocycles. The smallest absolute Gasteiger partial charge is 0.122 e. The van der Waals surface area contributed by atoms with Crippen LogP contribution in [0.3, 0.4) is 0 Å². The molecule has 0 fully saturated rings. The lowest BCUT2D eigenvalue weighted by Crippen LogP contribution is -2.16. The zero-order valence-corrected chi connectivity index (χ0v) is 14.6. The Morgan fingerprint density at radius 3 is 2.35 bits per heavy atom. The fourth-order valence-electron chi connectivity index (χ4n) is 2.75. The standard InChI is InChI=1S/C20H27NO2/c1-14-6-8-19(22-4)18(11-14)17(13-21)9-10-23-20-12-15(2)5-7-16(20)3/h5-8,11-12,17H,9-10,13,21H2,1-4H3. The summed E-state index contributed by atoms with van der Waals surface area (Å²) in [7, 11) is 1.70. The molecule has 0 spiro atoms. The first-order chi connectivity index (χ1) is 11.0. The molecule has 0 aliphatic carbocycles. The van der Waals surface area contributed by atoms with Gasteiger partial charge in [0.1, 0.15) is 11.5 Å². The Morgan fingerprint density at radius 2 is 1.65 bits per heavy atom. The molecule has 1 atom stereocenters. The van der Waals surface area contributed by atoms with Crippen molar-refractivity contribution >= 4 is 0 Å². The lowest BCUT2D eigenvalue weighted by molar-refractivity contribution is 0.294. The average molecular weight is 313 g/mol. The predicted octanol–water partition coefficient (Wildman–Crippen LogP) is 4.13.